The monoisotopic (exact) mass is 879 g/mol. The van der Waals surface area contributed by atoms with Crippen LogP contribution in [0.25, 0.3) is 5.69 Å². The molecule has 0 spiro atoms. The Morgan fingerprint density at radius 1 is 0.919 bits per heavy atom. The summed E-state index contributed by atoms with van der Waals surface area (Å²) >= 11 is 1.45. The number of esters is 1. The van der Waals surface area contributed by atoms with Crippen LogP contribution in [0.4, 0.5) is 5.00 Å². The van der Waals surface area contributed by atoms with Gasteiger partial charge in [-0.1, -0.05) is 76.2 Å². The summed E-state index contributed by atoms with van der Waals surface area (Å²) in [5, 5.41) is 8.02. The largest absolute Gasteiger partial charge is 0.461 e. The number of hydrogen-bond acceptors (Lipinski definition) is 10. The van der Waals surface area contributed by atoms with E-state index in [4.69, 9.17) is 4.74 Å². The maximum atomic E-state index is 14.4. The van der Waals surface area contributed by atoms with Gasteiger partial charge in [0.15, 0.2) is 15.6 Å². The Hall–Kier alpha value is -5.44. The molecule has 0 saturated carbocycles. The molecule has 0 radical (unpaired) electrons. The second kappa shape index (κ2) is 20.2. The van der Waals surface area contributed by atoms with Crippen LogP contribution in [-0.2, 0) is 50.2 Å². The number of ether oxygens (including phenoxy) is 1. The molecule has 0 atom stereocenters. The number of nitrogens with zero attached hydrogens (tertiary/aromatic N) is 4. The van der Waals surface area contributed by atoms with Gasteiger partial charge in [0.25, 0.3) is 5.91 Å². The van der Waals surface area contributed by atoms with E-state index in [1.165, 1.54) is 34.3 Å². The summed E-state index contributed by atoms with van der Waals surface area (Å²) in [7, 11) is -1.70. The number of carbonyl (C=O) groups excluding carboxylic acids is 4. The third kappa shape index (κ3) is 11.7. The lowest BCUT2D eigenvalue weighted by atomic mass is 9.76. The number of carbonyl (C=O) groups is 4. The number of aromatic nitrogens is 2. The first kappa shape index (κ1) is 46.1. The molecule has 2 amide bonds. The van der Waals surface area contributed by atoms with Gasteiger partial charge in [-0.2, -0.15) is 5.10 Å². The highest BCUT2D eigenvalue weighted by molar-refractivity contribution is 7.90. The molecule has 14 heteroatoms. The van der Waals surface area contributed by atoms with Crippen molar-refractivity contribution in [3.63, 3.8) is 0 Å². The van der Waals surface area contributed by atoms with Crippen molar-refractivity contribution in [3.05, 3.63) is 130 Å². The molecule has 1 N–H and O–H groups in total. The molecule has 328 valence electrons. The smallest absolute Gasteiger partial charge is 0.306 e. The fourth-order valence-electron chi connectivity index (χ4n) is 7.85. The molecule has 0 bridgehead atoms. The van der Waals surface area contributed by atoms with Crippen LogP contribution in [0.15, 0.2) is 96.2 Å². The highest BCUT2D eigenvalue weighted by atomic mass is 32.2. The number of amides is 2. The van der Waals surface area contributed by atoms with Crippen molar-refractivity contribution in [1.82, 2.24) is 19.6 Å². The van der Waals surface area contributed by atoms with Gasteiger partial charge in [0.2, 0.25) is 5.91 Å². The van der Waals surface area contributed by atoms with Crippen LogP contribution in [0.5, 0.6) is 0 Å². The molecule has 12 nitrogen and oxygen atoms in total. The first-order valence-corrected chi connectivity index (χ1v) is 23.9. The summed E-state index contributed by atoms with van der Waals surface area (Å²) in [6, 6.07) is 23.6. The van der Waals surface area contributed by atoms with Gasteiger partial charge in [-0.15, -0.1) is 11.3 Å². The second-order valence-electron chi connectivity index (χ2n) is 16.9. The van der Waals surface area contributed by atoms with E-state index < -0.39 is 15.8 Å². The zero-order chi connectivity index (χ0) is 44.6. The normalized spacial score (nSPS) is 13.5. The Labute approximate surface area is 369 Å². The van der Waals surface area contributed by atoms with E-state index in [2.05, 4.69) is 43.0 Å². The summed E-state index contributed by atoms with van der Waals surface area (Å²) in [4.78, 5) is 59.1. The molecule has 5 aromatic rings. The number of thiophene rings is 1. The molecule has 0 fully saturated rings. The van der Waals surface area contributed by atoms with Crippen molar-refractivity contribution in [2.75, 3.05) is 31.7 Å². The first-order valence-electron chi connectivity index (χ1n) is 21.2. The van der Waals surface area contributed by atoms with E-state index in [9.17, 15) is 27.6 Å². The Balaban J connectivity index is 1.14. The molecular formula is C48H57N5O7S2. The van der Waals surface area contributed by atoms with Crippen molar-refractivity contribution in [2.24, 2.45) is 5.41 Å². The number of likely N-dealkylation sites (N-methyl/N-ethyl adjacent to an activating group) is 1. The van der Waals surface area contributed by atoms with Crippen LogP contribution in [0.1, 0.15) is 108 Å². The molecule has 2 aromatic heterocycles. The topological polar surface area (TPSA) is 148 Å². The Morgan fingerprint density at radius 2 is 1.65 bits per heavy atom. The third-order valence-corrected chi connectivity index (χ3v) is 13.8. The molecule has 2 heterocycles. The molecule has 1 aliphatic rings. The Morgan fingerprint density at radius 3 is 2.37 bits per heavy atom. The van der Waals surface area contributed by atoms with Crippen LogP contribution in [-0.4, -0.2) is 84.0 Å². The average Bonchev–Trinajstić information content (AvgIpc) is 3.89. The number of rotatable bonds is 19. The quantitative estimate of drug-likeness (QED) is 0.0639. The summed E-state index contributed by atoms with van der Waals surface area (Å²) in [5.41, 5.74) is 4.59. The van der Waals surface area contributed by atoms with E-state index in [1.54, 1.807) is 36.3 Å². The van der Waals surface area contributed by atoms with Crippen molar-refractivity contribution in [3.8, 4) is 5.69 Å². The molecule has 1 aliphatic carbocycles. The van der Waals surface area contributed by atoms with Gasteiger partial charge in [-0.25, -0.2) is 13.1 Å². The Kier molecular flexibility index (Phi) is 15.0. The van der Waals surface area contributed by atoms with Gasteiger partial charge in [-0.3, -0.25) is 24.1 Å². The molecule has 3 aromatic carbocycles. The second-order valence-corrected chi connectivity index (χ2v) is 20.0. The summed E-state index contributed by atoms with van der Waals surface area (Å²) in [6.45, 7) is 10.5. The zero-order valence-electron chi connectivity index (χ0n) is 36.5. The minimum absolute atomic E-state index is 0.0114. The standard InChI is InChI=1S/C48H57N5O7S2/c1-7-37(8-2)52(25-24-51(5)42(54)20-21-43(55)60-32-33-14-10-9-11-15-33)30-34-16-12-17-35(26-34)46(57)50-47-44(40-22-23-48(3,4)28-41(40)61-47)45(56)36-29-49-53(31-36)38-18-13-19-39(27-38)62(6,58)59/h9-19,26-27,29,31,37H,7-8,20-25,28,30,32H2,1-6H3,(H,50,57). The van der Waals surface area contributed by atoms with Gasteiger partial charge in [0.1, 0.15) is 11.6 Å². The number of ketones is 1. The minimum Gasteiger partial charge on any atom is -0.461 e. The molecule has 0 aliphatic heterocycles. The number of benzene rings is 3. The molecule has 0 saturated heterocycles. The predicted octanol–water partition coefficient (Wildman–Crippen LogP) is 8.31. The number of sulfone groups is 1. The van der Waals surface area contributed by atoms with E-state index in [0.29, 0.717) is 53.4 Å². The maximum Gasteiger partial charge on any atom is 0.306 e. The number of hydrogen-bond donors (Lipinski definition) is 1. The van der Waals surface area contributed by atoms with Crippen molar-refractivity contribution in [1.29, 1.82) is 0 Å². The van der Waals surface area contributed by atoms with E-state index in [-0.39, 0.29) is 53.4 Å². The van der Waals surface area contributed by atoms with Crippen molar-refractivity contribution < 1.29 is 32.3 Å². The minimum atomic E-state index is -3.45. The number of fused-ring (bicyclic) bond motifs is 1. The maximum absolute atomic E-state index is 14.4. The molecular weight excluding hydrogens is 823 g/mol. The summed E-state index contributed by atoms with van der Waals surface area (Å²) in [6.07, 6.45) is 8.48. The molecule has 6 rings (SSSR count). The molecule has 0 unspecified atom stereocenters. The van der Waals surface area contributed by atoms with E-state index >= 15 is 0 Å². The zero-order valence-corrected chi connectivity index (χ0v) is 38.1. The van der Waals surface area contributed by atoms with Gasteiger partial charge >= 0.3 is 5.97 Å². The van der Waals surface area contributed by atoms with Crippen LogP contribution >= 0.6 is 11.3 Å². The highest BCUT2D eigenvalue weighted by Crippen LogP contribution is 2.44. The first-order chi connectivity index (χ1) is 29.5. The van der Waals surface area contributed by atoms with Crippen molar-refractivity contribution >= 4 is 49.7 Å². The predicted molar refractivity (Wildman–Crippen MR) is 243 cm³/mol. The number of nitrogens with one attached hydrogen (secondary N) is 1. The lowest BCUT2D eigenvalue weighted by Crippen LogP contribution is -2.41. The van der Waals surface area contributed by atoms with Gasteiger partial charge in [-0.05, 0) is 84.5 Å². The van der Waals surface area contributed by atoms with Crippen LogP contribution in [0.2, 0.25) is 0 Å². The lowest BCUT2D eigenvalue weighted by molar-refractivity contribution is -0.147. The van der Waals surface area contributed by atoms with E-state index in [1.807, 2.05) is 48.5 Å². The Bertz CT molecular complexity index is 2510. The highest BCUT2D eigenvalue weighted by Gasteiger charge is 2.34. The van der Waals surface area contributed by atoms with Gasteiger partial charge in [0.05, 0.1) is 34.3 Å². The molecule has 62 heavy (non-hydrogen) atoms. The van der Waals surface area contributed by atoms with Crippen molar-refractivity contribution in [2.45, 2.75) is 96.7 Å². The van der Waals surface area contributed by atoms with Crippen LogP contribution < -0.4 is 5.32 Å². The SMILES string of the molecule is CCC(CC)N(CCN(C)C(=O)CCC(=O)OCc1ccccc1)Cc1cccc(C(=O)Nc2sc3c(c2C(=O)c2cnn(-c4cccc(S(C)(=O)=O)c4)c2)CCC(C)(C)C3)c1. The average molecular weight is 880 g/mol. The fraction of sp³-hybridized carbons (Fsp3) is 0.396. The fourth-order valence-corrected chi connectivity index (χ4v) is 10.0. The third-order valence-electron chi connectivity index (χ3n) is 11.6. The van der Waals surface area contributed by atoms with E-state index in [0.717, 1.165) is 53.5 Å². The lowest BCUT2D eigenvalue weighted by Gasteiger charge is -2.32. The van der Waals surface area contributed by atoms with Crippen LogP contribution in [0.3, 0.4) is 0 Å². The number of anilines is 1. The van der Waals surface area contributed by atoms with Gasteiger partial charge in [0, 0.05) is 62.0 Å². The van der Waals surface area contributed by atoms with Crippen LogP contribution in [0, 0.1) is 5.41 Å². The summed E-state index contributed by atoms with van der Waals surface area (Å²) < 4.78 is 31.3. The summed E-state index contributed by atoms with van der Waals surface area (Å²) in [5.74, 6) is -1.12. The van der Waals surface area contributed by atoms with Gasteiger partial charge < -0.3 is 15.0 Å².